The van der Waals surface area contributed by atoms with E-state index in [0.717, 1.165) is 38.0 Å². The number of hydrogen-bond acceptors (Lipinski definition) is 8. The number of nitrogens with zero attached hydrogens (tertiary/aromatic N) is 3. The average molecular weight is 387 g/mol. The van der Waals surface area contributed by atoms with Crippen molar-refractivity contribution in [3.05, 3.63) is 30.6 Å². The molecule has 28 heavy (non-hydrogen) atoms. The minimum atomic E-state index is -1.55. The Morgan fingerprint density at radius 2 is 1.79 bits per heavy atom. The number of aromatic nitrogens is 1. The summed E-state index contributed by atoms with van der Waals surface area (Å²) in [7, 11) is 1.91. The quantitative estimate of drug-likeness (QED) is 0.727. The summed E-state index contributed by atoms with van der Waals surface area (Å²) in [5.41, 5.74) is 0.688. The van der Waals surface area contributed by atoms with Gasteiger partial charge in [-0.1, -0.05) is 0 Å². The number of ether oxygens (including phenoxy) is 3. The Balaban J connectivity index is 1.66. The van der Waals surface area contributed by atoms with E-state index in [2.05, 4.69) is 4.98 Å². The van der Waals surface area contributed by atoms with Crippen LogP contribution in [-0.4, -0.2) is 60.5 Å². The Hall–Kier alpha value is -2.61. The SMILES string of the molecule is CN1CCCN(c2cncc(OC3CCCC3)c2)C2(C1)OC(=O)C=CC(=O)O2. The maximum absolute atomic E-state index is 12.2. The highest BCUT2D eigenvalue weighted by Crippen LogP contribution is 2.33. The lowest BCUT2D eigenvalue weighted by atomic mass is 10.2. The van der Waals surface area contributed by atoms with Crippen molar-refractivity contribution in [2.24, 2.45) is 0 Å². The lowest BCUT2D eigenvalue weighted by Gasteiger charge is -2.41. The molecular formula is C20H25N3O5. The molecule has 2 fully saturated rings. The van der Waals surface area contributed by atoms with Gasteiger partial charge < -0.3 is 14.2 Å². The van der Waals surface area contributed by atoms with E-state index in [4.69, 9.17) is 14.2 Å². The summed E-state index contributed by atoms with van der Waals surface area (Å²) in [5.74, 6) is -2.10. The van der Waals surface area contributed by atoms with Gasteiger partial charge in [0.2, 0.25) is 0 Å². The lowest BCUT2D eigenvalue weighted by molar-refractivity contribution is -0.223. The van der Waals surface area contributed by atoms with E-state index in [-0.39, 0.29) is 12.6 Å². The molecule has 150 valence electrons. The van der Waals surface area contributed by atoms with Crippen LogP contribution in [0.3, 0.4) is 0 Å². The first-order valence-electron chi connectivity index (χ1n) is 9.76. The van der Waals surface area contributed by atoms with E-state index in [1.165, 1.54) is 12.8 Å². The first kappa shape index (κ1) is 18.7. The molecule has 0 amide bonds. The highest BCUT2D eigenvalue weighted by atomic mass is 16.8. The van der Waals surface area contributed by atoms with Gasteiger partial charge in [0.1, 0.15) is 5.75 Å². The molecule has 0 atom stereocenters. The number of rotatable bonds is 3. The van der Waals surface area contributed by atoms with Crippen molar-refractivity contribution >= 4 is 17.6 Å². The second-order valence-electron chi connectivity index (χ2n) is 7.53. The summed E-state index contributed by atoms with van der Waals surface area (Å²) >= 11 is 0. The Morgan fingerprint density at radius 3 is 2.50 bits per heavy atom. The van der Waals surface area contributed by atoms with Crippen molar-refractivity contribution < 1.29 is 23.8 Å². The standard InChI is InChI=1S/C20H25N3O5/c1-22-9-4-10-23(20(14-22)27-18(24)7-8-19(25)28-20)15-11-17(13-21-12-15)26-16-5-2-3-6-16/h7-8,11-13,16H,2-6,9-10,14H2,1H3. The third-order valence-corrected chi connectivity index (χ3v) is 5.29. The van der Waals surface area contributed by atoms with Gasteiger partial charge in [-0.15, -0.1) is 0 Å². The Morgan fingerprint density at radius 1 is 1.07 bits per heavy atom. The zero-order chi connectivity index (χ0) is 19.6. The van der Waals surface area contributed by atoms with Crippen LogP contribution in [0.5, 0.6) is 5.75 Å². The van der Waals surface area contributed by atoms with Gasteiger partial charge in [0.05, 0.1) is 30.7 Å². The van der Waals surface area contributed by atoms with Gasteiger partial charge in [-0.25, -0.2) is 9.59 Å². The monoisotopic (exact) mass is 387 g/mol. The molecule has 3 aliphatic rings. The molecule has 8 nitrogen and oxygen atoms in total. The van der Waals surface area contributed by atoms with E-state index in [1.807, 2.05) is 18.0 Å². The number of anilines is 1. The molecule has 3 heterocycles. The minimum absolute atomic E-state index is 0.207. The Kier molecular flexibility index (Phi) is 5.21. The fourth-order valence-electron chi connectivity index (χ4n) is 4.03. The number of carbonyl (C=O) groups excluding carboxylic acids is 2. The van der Waals surface area contributed by atoms with Crippen LogP contribution in [0.1, 0.15) is 32.1 Å². The Bertz CT molecular complexity index is 755. The topological polar surface area (TPSA) is 81.2 Å². The maximum Gasteiger partial charge on any atom is 0.356 e. The van der Waals surface area contributed by atoms with Gasteiger partial charge in [0, 0.05) is 24.8 Å². The van der Waals surface area contributed by atoms with Crippen LogP contribution < -0.4 is 9.64 Å². The number of pyridine rings is 1. The second-order valence-corrected chi connectivity index (χ2v) is 7.53. The molecule has 4 rings (SSSR count). The van der Waals surface area contributed by atoms with Crippen LogP contribution in [0.25, 0.3) is 0 Å². The third kappa shape index (κ3) is 3.96. The van der Waals surface area contributed by atoms with Crippen molar-refractivity contribution in [3.8, 4) is 5.75 Å². The van der Waals surface area contributed by atoms with Crippen LogP contribution in [0.15, 0.2) is 30.6 Å². The van der Waals surface area contributed by atoms with E-state index in [1.54, 1.807) is 17.3 Å². The fraction of sp³-hybridized carbons (Fsp3) is 0.550. The summed E-state index contributed by atoms with van der Waals surface area (Å²) in [4.78, 5) is 32.4. The molecule has 0 radical (unpaired) electrons. The summed E-state index contributed by atoms with van der Waals surface area (Å²) in [6, 6.07) is 1.87. The van der Waals surface area contributed by atoms with Crippen molar-refractivity contribution in [1.29, 1.82) is 0 Å². The molecule has 1 saturated carbocycles. The van der Waals surface area contributed by atoms with E-state index in [0.29, 0.717) is 18.0 Å². The first-order chi connectivity index (χ1) is 13.5. The highest BCUT2D eigenvalue weighted by Gasteiger charge is 2.48. The molecule has 1 spiro atoms. The van der Waals surface area contributed by atoms with Gasteiger partial charge >= 0.3 is 17.8 Å². The molecule has 0 unspecified atom stereocenters. The van der Waals surface area contributed by atoms with Crippen molar-refractivity contribution in [2.45, 2.75) is 44.1 Å². The molecule has 1 aliphatic carbocycles. The molecule has 0 aromatic carbocycles. The van der Waals surface area contributed by atoms with E-state index >= 15 is 0 Å². The van der Waals surface area contributed by atoms with Gasteiger partial charge in [0.15, 0.2) is 0 Å². The van der Waals surface area contributed by atoms with Gasteiger partial charge in [-0.3, -0.25) is 14.8 Å². The van der Waals surface area contributed by atoms with E-state index in [9.17, 15) is 9.59 Å². The number of likely N-dealkylation sites (N-methyl/N-ethyl adjacent to an activating group) is 1. The van der Waals surface area contributed by atoms with Gasteiger partial charge in [-0.05, 0) is 45.7 Å². The summed E-state index contributed by atoms with van der Waals surface area (Å²) < 4.78 is 17.4. The lowest BCUT2D eigenvalue weighted by Crippen LogP contribution is -2.59. The number of esters is 2. The Labute approximate surface area is 164 Å². The molecular weight excluding hydrogens is 362 g/mol. The van der Waals surface area contributed by atoms with Crippen LogP contribution in [0.2, 0.25) is 0 Å². The summed E-state index contributed by atoms with van der Waals surface area (Å²) in [5, 5.41) is 0. The first-order valence-corrected chi connectivity index (χ1v) is 9.76. The number of carbonyl (C=O) groups is 2. The van der Waals surface area contributed by atoms with Crippen LogP contribution in [0.4, 0.5) is 5.69 Å². The zero-order valence-electron chi connectivity index (χ0n) is 16.0. The number of hydrogen-bond donors (Lipinski definition) is 0. The van der Waals surface area contributed by atoms with Crippen LogP contribution in [-0.2, 0) is 19.1 Å². The van der Waals surface area contributed by atoms with Crippen LogP contribution in [0, 0.1) is 0 Å². The summed E-state index contributed by atoms with van der Waals surface area (Å²) in [6.45, 7) is 1.56. The highest BCUT2D eigenvalue weighted by molar-refractivity contribution is 5.93. The largest absolute Gasteiger partial charge is 0.489 e. The molecule has 1 aromatic rings. The fourth-order valence-corrected chi connectivity index (χ4v) is 4.03. The molecule has 0 bridgehead atoms. The average Bonchev–Trinajstić information content (AvgIpc) is 3.05. The van der Waals surface area contributed by atoms with Crippen molar-refractivity contribution in [2.75, 3.05) is 31.6 Å². The smallest absolute Gasteiger partial charge is 0.356 e. The van der Waals surface area contributed by atoms with E-state index < -0.39 is 17.8 Å². The van der Waals surface area contributed by atoms with Crippen LogP contribution >= 0.6 is 0 Å². The summed E-state index contributed by atoms with van der Waals surface area (Å²) in [6.07, 6.45) is 11.0. The second kappa shape index (κ2) is 7.79. The van der Waals surface area contributed by atoms with Crippen molar-refractivity contribution in [1.82, 2.24) is 9.88 Å². The molecule has 1 aromatic heterocycles. The third-order valence-electron chi connectivity index (χ3n) is 5.29. The zero-order valence-corrected chi connectivity index (χ0v) is 16.0. The molecule has 2 aliphatic heterocycles. The minimum Gasteiger partial charge on any atom is -0.489 e. The normalized spacial score (nSPS) is 23.2. The van der Waals surface area contributed by atoms with Gasteiger partial charge in [-0.2, -0.15) is 0 Å². The maximum atomic E-state index is 12.2. The molecule has 1 saturated heterocycles. The van der Waals surface area contributed by atoms with Gasteiger partial charge in [0.25, 0.3) is 0 Å². The van der Waals surface area contributed by atoms with Crippen molar-refractivity contribution in [3.63, 3.8) is 0 Å². The predicted molar refractivity (Wildman–Crippen MR) is 101 cm³/mol. The predicted octanol–water partition coefficient (Wildman–Crippen LogP) is 1.85. The molecule has 8 heteroatoms. The molecule has 0 N–H and O–H groups in total.